The summed E-state index contributed by atoms with van der Waals surface area (Å²) in [6, 6.07) is 8.55. The first-order valence-corrected chi connectivity index (χ1v) is 9.43. The molecule has 2 rings (SSSR count). The van der Waals surface area contributed by atoms with Gasteiger partial charge in [-0.3, -0.25) is 0 Å². The minimum Gasteiger partial charge on any atom is -0.493 e. The Morgan fingerprint density at radius 2 is 1.80 bits per heavy atom. The molecular weight excluding hydrogens is 312 g/mol. The fraction of sp³-hybridized carbons (Fsp3) is 0.667. The molecule has 0 aromatic heterocycles. The average molecular weight is 344 g/mol. The van der Waals surface area contributed by atoms with E-state index in [1.165, 1.54) is 32.4 Å². The second-order valence-corrected chi connectivity index (χ2v) is 7.31. The number of ether oxygens (including phenoxy) is 2. The second kappa shape index (κ2) is 9.10. The molecule has 0 saturated carbocycles. The summed E-state index contributed by atoms with van der Waals surface area (Å²) < 4.78 is 10.8. The van der Waals surface area contributed by atoms with Crippen LogP contribution >= 0.6 is 0 Å². The first-order chi connectivity index (χ1) is 12.1. The van der Waals surface area contributed by atoms with Crippen molar-refractivity contribution in [3.8, 4) is 17.6 Å². The highest BCUT2D eigenvalue weighted by Crippen LogP contribution is 2.40. The summed E-state index contributed by atoms with van der Waals surface area (Å²) in [5, 5.41) is 10.1. The van der Waals surface area contributed by atoms with Crippen LogP contribution in [0, 0.1) is 17.2 Å². The van der Waals surface area contributed by atoms with Gasteiger partial charge in [0.25, 0.3) is 0 Å². The van der Waals surface area contributed by atoms with E-state index in [4.69, 9.17) is 9.47 Å². The van der Waals surface area contributed by atoms with Gasteiger partial charge in [0.15, 0.2) is 11.5 Å². The van der Waals surface area contributed by atoms with E-state index in [9.17, 15) is 5.26 Å². The summed E-state index contributed by atoms with van der Waals surface area (Å²) >= 11 is 0. The lowest BCUT2D eigenvalue weighted by Gasteiger charge is -2.33. The molecule has 1 fully saturated rings. The van der Waals surface area contributed by atoms with Gasteiger partial charge in [-0.25, -0.2) is 0 Å². The Labute approximate surface area is 152 Å². The zero-order valence-corrected chi connectivity index (χ0v) is 16.2. The molecule has 1 aliphatic rings. The lowest BCUT2D eigenvalue weighted by atomic mass is 9.69. The summed E-state index contributed by atoms with van der Waals surface area (Å²) in [5.41, 5.74) is 0.538. The average Bonchev–Trinajstić information content (AvgIpc) is 2.65. The van der Waals surface area contributed by atoms with Gasteiger partial charge >= 0.3 is 0 Å². The predicted octanol–water partition coefficient (Wildman–Crippen LogP) is 4.39. The van der Waals surface area contributed by atoms with Crippen LogP contribution in [0.15, 0.2) is 18.2 Å². The zero-order valence-electron chi connectivity index (χ0n) is 16.2. The molecule has 138 valence electrons. The number of nitriles is 1. The van der Waals surface area contributed by atoms with Gasteiger partial charge in [0, 0.05) is 0 Å². The number of likely N-dealkylation sites (tertiary alicyclic amines) is 1. The summed E-state index contributed by atoms with van der Waals surface area (Å²) in [5.74, 6) is 1.63. The highest BCUT2D eigenvalue weighted by molar-refractivity contribution is 5.47. The van der Waals surface area contributed by atoms with E-state index < -0.39 is 5.41 Å². The number of rotatable bonds is 8. The molecule has 0 radical (unpaired) electrons. The van der Waals surface area contributed by atoms with E-state index in [1.807, 2.05) is 18.2 Å². The van der Waals surface area contributed by atoms with Crippen molar-refractivity contribution in [3.63, 3.8) is 0 Å². The maximum absolute atomic E-state index is 10.1. The first-order valence-electron chi connectivity index (χ1n) is 9.43. The summed E-state index contributed by atoms with van der Waals surface area (Å²) in [6.07, 6.45) is 5.88. The molecular formula is C21H32N2O2. The minimum absolute atomic E-state index is 0.233. The van der Waals surface area contributed by atoms with Gasteiger partial charge in [0.05, 0.1) is 25.7 Å². The molecule has 1 aliphatic heterocycles. The van der Waals surface area contributed by atoms with Crippen molar-refractivity contribution in [3.05, 3.63) is 23.8 Å². The molecule has 1 aromatic rings. The van der Waals surface area contributed by atoms with Crippen molar-refractivity contribution in [2.75, 3.05) is 33.9 Å². The molecule has 0 spiro atoms. The highest BCUT2D eigenvalue weighted by Gasteiger charge is 2.36. The third kappa shape index (κ3) is 4.46. The maximum Gasteiger partial charge on any atom is 0.161 e. The van der Waals surface area contributed by atoms with Crippen LogP contribution in [0.4, 0.5) is 0 Å². The van der Waals surface area contributed by atoms with Crippen molar-refractivity contribution >= 4 is 0 Å². The Kier molecular flexibility index (Phi) is 7.13. The fourth-order valence-corrected chi connectivity index (χ4v) is 3.89. The topological polar surface area (TPSA) is 45.5 Å². The minimum atomic E-state index is -0.491. The number of nitrogens with zero attached hydrogens (tertiary/aromatic N) is 2. The normalized spacial score (nSPS) is 17.8. The van der Waals surface area contributed by atoms with Gasteiger partial charge in [-0.1, -0.05) is 26.3 Å². The molecule has 25 heavy (non-hydrogen) atoms. The summed E-state index contributed by atoms with van der Waals surface area (Å²) in [4.78, 5) is 2.54. The number of hydrogen-bond acceptors (Lipinski definition) is 4. The van der Waals surface area contributed by atoms with Crippen molar-refractivity contribution in [1.82, 2.24) is 4.90 Å². The number of piperidine rings is 1. The van der Waals surface area contributed by atoms with Crippen LogP contribution in [0.3, 0.4) is 0 Å². The smallest absolute Gasteiger partial charge is 0.161 e. The van der Waals surface area contributed by atoms with Crippen molar-refractivity contribution < 1.29 is 9.47 Å². The quantitative estimate of drug-likeness (QED) is 0.702. The molecule has 4 heteroatoms. The molecule has 0 bridgehead atoms. The zero-order chi connectivity index (χ0) is 18.3. The number of benzene rings is 1. The molecule has 1 unspecified atom stereocenters. The molecule has 0 amide bonds. The van der Waals surface area contributed by atoms with Gasteiger partial charge in [-0.05, 0) is 68.9 Å². The fourth-order valence-electron chi connectivity index (χ4n) is 3.89. The molecule has 1 aromatic carbocycles. The van der Waals surface area contributed by atoms with Crippen LogP contribution in [0.2, 0.25) is 0 Å². The van der Waals surface area contributed by atoms with Crippen LogP contribution in [-0.2, 0) is 5.41 Å². The van der Waals surface area contributed by atoms with Crippen LogP contribution in [0.25, 0.3) is 0 Å². The van der Waals surface area contributed by atoms with E-state index >= 15 is 0 Å². The van der Waals surface area contributed by atoms with Gasteiger partial charge in [0.1, 0.15) is 0 Å². The molecule has 0 N–H and O–H groups in total. The Hall–Kier alpha value is -1.73. The molecule has 1 saturated heterocycles. The van der Waals surface area contributed by atoms with E-state index in [0.29, 0.717) is 11.5 Å². The van der Waals surface area contributed by atoms with Crippen molar-refractivity contribution in [1.29, 1.82) is 5.26 Å². The van der Waals surface area contributed by atoms with Gasteiger partial charge in [-0.15, -0.1) is 0 Å². The third-order valence-electron chi connectivity index (χ3n) is 5.58. The monoisotopic (exact) mass is 344 g/mol. The SMILES string of the molecule is COc1ccc(C(C#N)(CCCN2CCCCC2)C(C)C)cc1OC. The predicted molar refractivity (Wildman–Crippen MR) is 101 cm³/mol. The summed E-state index contributed by atoms with van der Waals surface area (Å²) in [7, 11) is 3.28. The molecule has 1 atom stereocenters. The Bertz CT molecular complexity index is 588. The number of methoxy groups -OCH3 is 2. The van der Waals surface area contributed by atoms with Crippen LogP contribution in [0.1, 0.15) is 51.5 Å². The van der Waals surface area contributed by atoms with Crippen LogP contribution < -0.4 is 9.47 Å². The lowest BCUT2D eigenvalue weighted by Crippen LogP contribution is -2.34. The van der Waals surface area contributed by atoms with E-state index in [2.05, 4.69) is 24.8 Å². The van der Waals surface area contributed by atoms with Crippen LogP contribution in [-0.4, -0.2) is 38.8 Å². The Balaban J connectivity index is 2.17. The Morgan fingerprint density at radius 3 is 2.36 bits per heavy atom. The van der Waals surface area contributed by atoms with E-state index in [1.54, 1.807) is 14.2 Å². The van der Waals surface area contributed by atoms with Gasteiger partial charge in [-0.2, -0.15) is 5.26 Å². The van der Waals surface area contributed by atoms with Crippen molar-refractivity contribution in [2.24, 2.45) is 5.92 Å². The molecule has 1 heterocycles. The van der Waals surface area contributed by atoms with Crippen molar-refractivity contribution in [2.45, 2.75) is 51.4 Å². The van der Waals surface area contributed by atoms with E-state index in [-0.39, 0.29) is 5.92 Å². The molecule has 0 aliphatic carbocycles. The highest BCUT2D eigenvalue weighted by atomic mass is 16.5. The third-order valence-corrected chi connectivity index (χ3v) is 5.58. The number of hydrogen-bond donors (Lipinski definition) is 0. The Morgan fingerprint density at radius 1 is 1.12 bits per heavy atom. The van der Waals surface area contributed by atoms with Crippen LogP contribution in [0.5, 0.6) is 11.5 Å². The largest absolute Gasteiger partial charge is 0.493 e. The van der Waals surface area contributed by atoms with Gasteiger partial charge in [0.2, 0.25) is 0 Å². The standard InChI is InChI=1S/C21H32N2O2/c1-17(2)21(16-22,11-8-14-23-12-6-5-7-13-23)18-9-10-19(24-3)20(15-18)25-4/h9-10,15,17H,5-8,11-14H2,1-4H3. The van der Waals surface area contributed by atoms with Gasteiger partial charge < -0.3 is 14.4 Å². The first kappa shape index (κ1) is 19.6. The molecule has 4 nitrogen and oxygen atoms in total. The summed E-state index contributed by atoms with van der Waals surface area (Å²) in [6.45, 7) is 7.78. The second-order valence-electron chi connectivity index (χ2n) is 7.31. The lowest BCUT2D eigenvalue weighted by molar-refractivity contribution is 0.215. The van der Waals surface area contributed by atoms with E-state index in [0.717, 1.165) is 24.9 Å². The maximum atomic E-state index is 10.1.